The topological polar surface area (TPSA) is 50.9 Å². The van der Waals surface area contributed by atoms with Crippen LogP contribution in [0.4, 0.5) is 17.2 Å². The molecule has 0 amide bonds. The molecule has 0 aliphatic rings. The molecule has 0 saturated carbocycles. The largest absolute Gasteiger partial charge is 0.396 e. The van der Waals surface area contributed by atoms with E-state index in [9.17, 15) is 0 Å². The molecule has 0 radical (unpaired) electrons. The van der Waals surface area contributed by atoms with Crippen LogP contribution in [0.1, 0.15) is 18.2 Å². The number of anilines is 3. The summed E-state index contributed by atoms with van der Waals surface area (Å²) in [5.41, 5.74) is 9.85. The second-order valence-corrected chi connectivity index (χ2v) is 4.03. The Bertz CT molecular complexity index is 521. The third-order valence-corrected chi connectivity index (χ3v) is 2.72. The molecule has 0 aliphatic carbocycles. The van der Waals surface area contributed by atoms with Crippen LogP contribution >= 0.6 is 0 Å². The van der Waals surface area contributed by atoms with Crippen molar-refractivity contribution < 1.29 is 0 Å². The molecule has 1 aromatic carbocycles. The fourth-order valence-electron chi connectivity index (χ4n) is 1.75. The standard InChI is InChI=1S/C14H17N3/c1-3-11-6-4-5-7-13(11)17-14-12(15)9-8-10(2)16-14/h4-9H,3,15H2,1-2H3,(H,16,17). The number of hydrogen-bond acceptors (Lipinski definition) is 3. The summed E-state index contributed by atoms with van der Waals surface area (Å²) in [7, 11) is 0. The van der Waals surface area contributed by atoms with Gasteiger partial charge in [-0.1, -0.05) is 25.1 Å². The molecular weight excluding hydrogens is 210 g/mol. The zero-order chi connectivity index (χ0) is 12.3. The lowest BCUT2D eigenvalue weighted by Gasteiger charge is -2.12. The fourth-order valence-corrected chi connectivity index (χ4v) is 1.75. The summed E-state index contributed by atoms with van der Waals surface area (Å²) in [5, 5.41) is 3.30. The van der Waals surface area contributed by atoms with Gasteiger partial charge in [-0.05, 0) is 37.1 Å². The van der Waals surface area contributed by atoms with E-state index in [2.05, 4.69) is 23.3 Å². The Balaban J connectivity index is 2.34. The van der Waals surface area contributed by atoms with E-state index in [1.165, 1.54) is 5.56 Å². The molecule has 3 heteroatoms. The van der Waals surface area contributed by atoms with Crippen LogP contribution in [0, 0.1) is 6.92 Å². The van der Waals surface area contributed by atoms with Crippen molar-refractivity contribution in [3.8, 4) is 0 Å². The van der Waals surface area contributed by atoms with Crippen molar-refractivity contribution in [3.05, 3.63) is 47.7 Å². The molecule has 0 atom stereocenters. The monoisotopic (exact) mass is 227 g/mol. The van der Waals surface area contributed by atoms with Crippen molar-refractivity contribution in [3.63, 3.8) is 0 Å². The van der Waals surface area contributed by atoms with E-state index < -0.39 is 0 Å². The van der Waals surface area contributed by atoms with Crippen LogP contribution in [0.2, 0.25) is 0 Å². The summed E-state index contributed by atoms with van der Waals surface area (Å²) >= 11 is 0. The van der Waals surface area contributed by atoms with Crippen LogP contribution in [0.5, 0.6) is 0 Å². The highest BCUT2D eigenvalue weighted by atomic mass is 15.0. The predicted molar refractivity (Wildman–Crippen MR) is 72.5 cm³/mol. The minimum Gasteiger partial charge on any atom is -0.396 e. The summed E-state index contributed by atoms with van der Waals surface area (Å²) < 4.78 is 0. The number of nitrogens with two attached hydrogens (primary N) is 1. The molecule has 0 aliphatic heterocycles. The van der Waals surface area contributed by atoms with Crippen molar-refractivity contribution in [1.29, 1.82) is 0 Å². The first-order valence-corrected chi connectivity index (χ1v) is 5.78. The maximum Gasteiger partial charge on any atom is 0.153 e. The molecule has 0 spiro atoms. The Morgan fingerprint density at radius 3 is 2.71 bits per heavy atom. The first kappa shape index (κ1) is 11.5. The molecule has 3 N–H and O–H groups in total. The second kappa shape index (κ2) is 4.87. The number of hydrogen-bond donors (Lipinski definition) is 2. The van der Waals surface area contributed by atoms with Crippen molar-refractivity contribution in [1.82, 2.24) is 4.98 Å². The number of benzene rings is 1. The fraction of sp³-hybridized carbons (Fsp3) is 0.214. The zero-order valence-electron chi connectivity index (χ0n) is 10.2. The van der Waals surface area contributed by atoms with Crippen molar-refractivity contribution in [2.45, 2.75) is 20.3 Å². The van der Waals surface area contributed by atoms with Crippen molar-refractivity contribution >= 4 is 17.2 Å². The van der Waals surface area contributed by atoms with E-state index >= 15 is 0 Å². The van der Waals surface area contributed by atoms with Crippen LogP contribution in [-0.2, 0) is 6.42 Å². The highest BCUT2D eigenvalue weighted by Crippen LogP contribution is 2.24. The van der Waals surface area contributed by atoms with Gasteiger partial charge in [0.2, 0.25) is 0 Å². The molecule has 17 heavy (non-hydrogen) atoms. The van der Waals surface area contributed by atoms with Gasteiger partial charge < -0.3 is 11.1 Å². The Hall–Kier alpha value is -2.03. The Morgan fingerprint density at radius 1 is 1.18 bits per heavy atom. The number of pyridine rings is 1. The van der Waals surface area contributed by atoms with Gasteiger partial charge in [-0.15, -0.1) is 0 Å². The number of nitrogens with one attached hydrogen (secondary N) is 1. The maximum absolute atomic E-state index is 5.90. The summed E-state index contributed by atoms with van der Waals surface area (Å²) in [5.74, 6) is 0.728. The minimum atomic E-state index is 0.668. The van der Waals surface area contributed by atoms with E-state index in [1.54, 1.807) is 0 Å². The first-order chi connectivity index (χ1) is 8.20. The smallest absolute Gasteiger partial charge is 0.153 e. The molecular formula is C14H17N3. The molecule has 3 nitrogen and oxygen atoms in total. The Kier molecular flexibility index (Phi) is 3.28. The number of rotatable bonds is 3. The van der Waals surface area contributed by atoms with Gasteiger partial charge in [0, 0.05) is 11.4 Å². The number of aromatic nitrogens is 1. The minimum absolute atomic E-state index is 0.668. The zero-order valence-corrected chi connectivity index (χ0v) is 10.2. The lowest BCUT2D eigenvalue weighted by Crippen LogP contribution is -2.02. The van der Waals surface area contributed by atoms with Gasteiger partial charge >= 0.3 is 0 Å². The van der Waals surface area contributed by atoms with Crippen LogP contribution < -0.4 is 11.1 Å². The molecule has 1 aromatic heterocycles. The van der Waals surface area contributed by atoms with Gasteiger partial charge in [0.05, 0.1) is 5.69 Å². The lowest BCUT2D eigenvalue weighted by molar-refractivity contribution is 1.13. The van der Waals surface area contributed by atoms with E-state index in [0.29, 0.717) is 5.69 Å². The SMILES string of the molecule is CCc1ccccc1Nc1nc(C)ccc1N. The number of para-hydroxylation sites is 1. The van der Waals surface area contributed by atoms with Crippen LogP contribution in [0.3, 0.4) is 0 Å². The van der Waals surface area contributed by atoms with E-state index in [0.717, 1.165) is 23.6 Å². The van der Waals surface area contributed by atoms with Crippen LogP contribution in [0.15, 0.2) is 36.4 Å². The van der Waals surface area contributed by atoms with E-state index in [4.69, 9.17) is 5.73 Å². The van der Waals surface area contributed by atoms with E-state index in [1.807, 2.05) is 37.3 Å². The van der Waals surface area contributed by atoms with Gasteiger partial charge in [-0.25, -0.2) is 4.98 Å². The maximum atomic E-state index is 5.90. The highest BCUT2D eigenvalue weighted by Gasteiger charge is 2.04. The number of aryl methyl sites for hydroxylation is 2. The lowest BCUT2D eigenvalue weighted by atomic mass is 10.1. The Morgan fingerprint density at radius 2 is 1.94 bits per heavy atom. The van der Waals surface area contributed by atoms with Gasteiger partial charge in [-0.3, -0.25) is 0 Å². The van der Waals surface area contributed by atoms with Crippen LogP contribution in [-0.4, -0.2) is 4.98 Å². The molecule has 0 bridgehead atoms. The molecule has 0 saturated heterocycles. The summed E-state index contributed by atoms with van der Waals surface area (Å²) in [4.78, 5) is 4.41. The summed E-state index contributed by atoms with van der Waals surface area (Å²) in [6.45, 7) is 4.09. The van der Waals surface area contributed by atoms with E-state index in [-0.39, 0.29) is 0 Å². The third-order valence-electron chi connectivity index (χ3n) is 2.72. The Labute approximate surface area is 102 Å². The average molecular weight is 227 g/mol. The molecule has 0 unspecified atom stereocenters. The normalized spacial score (nSPS) is 10.2. The summed E-state index contributed by atoms with van der Waals surface area (Å²) in [6, 6.07) is 12.0. The van der Waals surface area contributed by atoms with Gasteiger partial charge in [0.15, 0.2) is 5.82 Å². The molecule has 2 rings (SSSR count). The van der Waals surface area contributed by atoms with Crippen LogP contribution in [0.25, 0.3) is 0 Å². The van der Waals surface area contributed by atoms with Crippen molar-refractivity contribution in [2.75, 3.05) is 11.1 Å². The van der Waals surface area contributed by atoms with Crippen molar-refractivity contribution in [2.24, 2.45) is 0 Å². The molecule has 0 fully saturated rings. The van der Waals surface area contributed by atoms with Gasteiger partial charge in [0.1, 0.15) is 0 Å². The second-order valence-electron chi connectivity index (χ2n) is 4.03. The average Bonchev–Trinajstić information content (AvgIpc) is 2.34. The van der Waals surface area contributed by atoms with Gasteiger partial charge in [0.25, 0.3) is 0 Å². The highest BCUT2D eigenvalue weighted by molar-refractivity contribution is 5.70. The molecule has 2 aromatic rings. The third kappa shape index (κ3) is 2.56. The van der Waals surface area contributed by atoms with Gasteiger partial charge in [-0.2, -0.15) is 0 Å². The summed E-state index contributed by atoms with van der Waals surface area (Å²) in [6.07, 6.45) is 0.981. The molecule has 1 heterocycles. The first-order valence-electron chi connectivity index (χ1n) is 5.78. The molecule has 88 valence electrons. The number of nitrogens with zero attached hydrogens (tertiary/aromatic N) is 1. The predicted octanol–water partition coefficient (Wildman–Crippen LogP) is 3.28. The quantitative estimate of drug-likeness (QED) is 0.846. The number of nitrogen functional groups attached to an aromatic ring is 1.